The van der Waals surface area contributed by atoms with E-state index in [0.717, 1.165) is 30.6 Å². The van der Waals surface area contributed by atoms with Gasteiger partial charge in [0, 0.05) is 18.1 Å². The summed E-state index contributed by atoms with van der Waals surface area (Å²) in [7, 11) is 2.14. The number of nitrogens with zero attached hydrogens (tertiary/aromatic N) is 3. The van der Waals surface area contributed by atoms with Gasteiger partial charge in [-0.1, -0.05) is 19.0 Å². The lowest BCUT2D eigenvalue weighted by atomic mass is 9.77. The van der Waals surface area contributed by atoms with E-state index in [1.165, 1.54) is 18.6 Å². The van der Waals surface area contributed by atoms with Crippen molar-refractivity contribution in [3.05, 3.63) is 11.7 Å². The predicted octanol–water partition coefficient (Wildman–Crippen LogP) is 2.24. The molecule has 2 aliphatic rings. The fourth-order valence-corrected chi connectivity index (χ4v) is 4.30. The minimum absolute atomic E-state index is 0.176. The van der Waals surface area contributed by atoms with E-state index in [4.69, 9.17) is 9.51 Å². The highest BCUT2D eigenvalue weighted by atomic mass is 32.2. The van der Waals surface area contributed by atoms with Gasteiger partial charge in [0.15, 0.2) is 5.82 Å². The Bertz CT molecular complexity index is 462. The molecule has 3 rings (SSSR count). The second-order valence-corrected chi connectivity index (χ2v) is 7.69. The highest BCUT2D eigenvalue weighted by molar-refractivity contribution is 7.99. The second-order valence-electron chi connectivity index (χ2n) is 6.54. The van der Waals surface area contributed by atoms with E-state index in [1.54, 1.807) is 0 Å². The quantitative estimate of drug-likeness (QED) is 0.903. The van der Waals surface area contributed by atoms with Crippen LogP contribution in [-0.4, -0.2) is 46.7 Å². The van der Waals surface area contributed by atoms with Crippen molar-refractivity contribution in [2.45, 2.75) is 38.8 Å². The summed E-state index contributed by atoms with van der Waals surface area (Å²) in [6.45, 7) is 6.67. The van der Waals surface area contributed by atoms with Crippen molar-refractivity contribution in [1.29, 1.82) is 0 Å². The van der Waals surface area contributed by atoms with Gasteiger partial charge in [0.25, 0.3) is 0 Å². The summed E-state index contributed by atoms with van der Waals surface area (Å²) in [6.07, 6.45) is 2.41. The average Bonchev–Trinajstić information content (AvgIpc) is 2.88. The zero-order chi connectivity index (χ0) is 14.2. The molecular weight excluding hydrogens is 272 g/mol. The van der Waals surface area contributed by atoms with Gasteiger partial charge in [0.1, 0.15) is 0 Å². The van der Waals surface area contributed by atoms with Gasteiger partial charge in [0.2, 0.25) is 5.89 Å². The van der Waals surface area contributed by atoms with Crippen molar-refractivity contribution in [2.75, 3.05) is 31.6 Å². The molecule has 2 unspecified atom stereocenters. The number of nitrogens with one attached hydrogen (secondary N) is 1. The third-order valence-electron chi connectivity index (χ3n) is 4.53. The van der Waals surface area contributed by atoms with Crippen LogP contribution in [0.4, 0.5) is 0 Å². The minimum Gasteiger partial charge on any atom is -0.338 e. The van der Waals surface area contributed by atoms with Gasteiger partial charge in [-0.25, -0.2) is 0 Å². The molecular formula is C14H24N4OS. The summed E-state index contributed by atoms with van der Waals surface area (Å²) in [5.41, 5.74) is 0.176. The molecule has 3 heterocycles. The molecule has 5 nitrogen and oxygen atoms in total. The smallest absolute Gasteiger partial charge is 0.244 e. The molecule has 0 aliphatic carbocycles. The molecule has 0 bridgehead atoms. The van der Waals surface area contributed by atoms with Crippen LogP contribution >= 0.6 is 11.8 Å². The number of hydrogen-bond acceptors (Lipinski definition) is 6. The lowest BCUT2D eigenvalue weighted by molar-refractivity contribution is 0.146. The first kappa shape index (κ1) is 14.4. The first-order chi connectivity index (χ1) is 9.58. The van der Waals surface area contributed by atoms with Crippen LogP contribution < -0.4 is 5.32 Å². The van der Waals surface area contributed by atoms with Crippen LogP contribution in [0.2, 0.25) is 0 Å². The molecule has 1 aromatic rings. The predicted molar refractivity (Wildman–Crippen MR) is 80.8 cm³/mol. The van der Waals surface area contributed by atoms with Crippen LogP contribution in [0.3, 0.4) is 0 Å². The summed E-state index contributed by atoms with van der Waals surface area (Å²) < 4.78 is 5.58. The Labute approximate surface area is 124 Å². The van der Waals surface area contributed by atoms with E-state index in [1.807, 2.05) is 11.8 Å². The summed E-state index contributed by atoms with van der Waals surface area (Å²) in [5.74, 6) is 3.85. The SMILES string of the molecule is CN1CCSCC1c1noc(C2NCCCC2(C)C)n1. The Kier molecular flexibility index (Phi) is 4.06. The summed E-state index contributed by atoms with van der Waals surface area (Å²) in [5, 5.41) is 7.79. The molecule has 2 saturated heterocycles. The van der Waals surface area contributed by atoms with Crippen molar-refractivity contribution in [3.8, 4) is 0 Å². The Morgan fingerprint density at radius 3 is 3.05 bits per heavy atom. The first-order valence-corrected chi connectivity index (χ1v) is 8.58. The summed E-state index contributed by atoms with van der Waals surface area (Å²) >= 11 is 1.97. The average molecular weight is 296 g/mol. The Morgan fingerprint density at radius 2 is 2.30 bits per heavy atom. The van der Waals surface area contributed by atoms with Gasteiger partial charge in [0.05, 0.1) is 12.1 Å². The van der Waals surface area contributed by atoms with E-state index < -0.39 is 0 Å². The molecule has 0 aromatic carbocycles. The van der Waals surface area contributed by atoms with Gasteiger partial charge >= 0.3 is 0 Å². The van der Waals surface area contributed by atoms with Crippen LogP contribution in [0, 0.1) is 5.41 Å². The molecule has 2 aliphatic heterocycles. The maximum atomic E-state index is 5.58. The zero-order valence-corrected chi connectivity index (χ0v) is 13.4. The van der Waals surface area contributed by atoms with E-state index in [-0.39, 0.29) is 17.5 Å². The van der Waals surface area contributed by atoms with Crippen LogP contribution in [0.1, 0.15) is 50.5 Å². The Balaban J connectivity index is 1.79. The normalized spacial score (nSPS) is 31.4. The fraction of sp³-hybridized carbons (Fsp3) is 0.857. The topological polar surface area (TPSA) is 54.2 Å². The number of piperidine rings is 1. The Morgan fingerprint density at radius 1 is 1.45 bits per heavy atom. The van der Waals surface area contributed by atoms with Crippen LogP contribution in [0.15, 0.2) is 4.52 Å². The highest BCUT2D eigenvalue weighted by Gasteiger charge is 2.37. The molecule has 2 fully saturated rings. The van der Waals surface area contributed by atoms with Crippen LogP contribution in [-0.2, 0) is 0 Å². The molecule has 0 amide bonds. The molecule has 20 heavy (non-hydrogen) atoms. The molecule has 0 radical (unpaired) electrons. The largest absolute Gasteiger partial charge is 0.338 e. The minimum atomic E-state index is 0.176. The summed E-state index contributed by atoms with van der Waals surface area (Å²) in [6, 6.07) is 0.469. The Hall–Kier alpha value is -0.590. The zero-order valence-electron chi connectivity index (χ0n) is 12.6. The van der Waals surface area contributed by atoms with Crippen LogP contribution in [0.5, 0.6) is 0 Å². The third kappa shape index (κ3) is 2.73. The lowest BCUT2D eigenvalue weighted by Gasteiger charge is -2.37. The highest BCUT2D eigenvalue weighted by Crippen LogP contribution is 2.39. The number of aromatic nitrogens is 2. The van der Waals surface area contributed by atoms with E-state index in [2.05, 4.69) is 36.3 Å². The number of rotatable bonds is 2. The number of hydrogen-bond donors (Lipinski definition) is 1. The third-order valence-corrected chi connectivity index (χ3v) is 5.55. The van der Waals surface area contributed by atoms with Crippen molar-refractivity contribution < 1.29 is 4.52 Å². The summed E-state index contributed by atoms with van der Waals surface area (Å²) in [4.78, 5) is 7.03. The van der Waals surface area contributed by atoms with Gasteiger partial charge in [-0.2, -0.15) is 16.7 Å². The second kappa shape index (κ2) is 5.66. The van der Waals surface area contributed by atoms with E-state index >= 15 is 0 Å². The lowest BCUT2D eigenvalue weighted by Crippen LogP contribution is -2.40. The molecule has 1 aromatic heterocycles. The van der Waals surface area contributed by atoms with Gasteiger partial charge < -0.3 is 9.84 Å². The number of thioether (sulfide) groups is 1. The van der Waals surface area contributed by atoms with Crippen molar-refractivity contribution in [3.63, 3.8) is 0 Å². The molecule has 1 N–H and O–H groups in total. The maximum Gasteiger partial charge on any atom is 0.244 e. The van der Waals surface area contributed by atoms with E-state index in [0.29, 0.717) is 0 Å². The van der Waals surface area contributed by atoms with Gasteiger partial charge in [-0.05, 0) is 31.8 Å². The molecule has 0 spiro atoms. The molecule has 112 valence electrons. The maximum absolute atomic E-state index is 5.58. The van der Waals surface area contributed by atoms with Gasteiger partial charge in [-0.3, -0.25) is 4.90 Å². The van der Waals surface area contributed by atoms with Gasteiger partial charge in [-0.15, -0.1) is 0 Å². The van der Waals surface area contributed by atoms with Crippen LogP contribution in [0.25, 0.3) is 0 Å². The van der Waals surface area contributed by atoms with E-state index in [9.17, 15) is 0 Å². The van der Waals surface area contributed by atoms with Crippen molar-refractivity contribution in [1.82, 2.24) is 20.4 Å². The molecule has 0 saturated carbocycles. The fourth-order valence-electron chi connectivity index (χ4n) is 3.09. The monoisotopic (exact) mass is 296 g/mol. The molecule has 6 heteroatoms. The van der Waals surface area contributed by atoms with Crippen molar-refractivity contribution >= 4 is 11.8 Å². The standard InChI is InChI=1S/C14H24N4OS/c1-14(2)5-4-6-15-11(14)13-16-12(17-19-13)10-9-20-8-7-18(10)3/h10-11,15H,4-9H2,1-3H3. The molecule has 2 atom stereocenters. The first-order valence-electron chi connectivity index (χ1n) is 7.43. The van der Waals surface area contributed by atoms with Crippen molar-refractivity contribution in [2.24, 2.45) is 5.41 Å².